The Morgan fingerprint density at radius 3 is 2.48 bits per heavy atom. The molecule has 0 N–H and O–H groups in total. The van der Waals surface area contributed by atoms with E-state index in [2.05, 4.69) is 33.8 Å². The molecule has 23 heavy (non-hydrogen) atoms. The standard InChI is InChI=1S/C17H29N5O/c1-4-15-16(5-2)19-20-17(18-15)22-12-14(23-3)10-13(22)11-21-8-6-7-9-21/h13-14H,4-12H2,1-3H3/t13-,14-/m0/s1. The molecule has 3 heterocycles. The molecule has 0 aromatic carbocycles. The molecule has 0 unspecified atom stereocenters. The fraction of sp³-hybridized carbons (Fsp3) is 0.824. The van der Waals surface area contributed by atoms with Crippen LogP contribution in [0.15, 0.2) is 0 Å². The second-order valence-electron chi connectivity index (χ2n) is 6.62. The van der Waals surface area contributed by atoms with Crippen molar-refractivity contribution < 1.29 is 4.74 Å². The summed E-state index contributed by atoms with van der Waals surface area (Å²) in [5.74, 6) is 0.780. The van der Waals surface area contributed by atoms with Crippen LogP contribution in [0.1, 0.15) is 44.5 Å². The molecule has 1 aromatic rings. The second kappa shape index (κ2) is 7.53. The lowest BCUT2D eigenvalue weighted by atomic mass is 10.2. The molecule has 0 aliphatic carbocycles. The predicted octanol–water partition coefficient (Wildman–Crippen LogP) is 1.69. The third kappa shape index (κ3) is 3.63. The van der Waals surface area contributed by atoms with Gasteiger partial charge in [0.1, 0.15) is 0 Å². The molecule has 3 rings (SSSR count). The van der Waals surface area contributed by atoms with Crippen LogP contribution in [0.2, 0.25) is 0 Å². The van der Waals surface area contributed by atoms with Crippen LogP contribution >= 0.6 is 0 Å². The molecule has 0 spiro atoms. The highest BCUT2D eigenvalue weighted by atomic mass is 16.5. The zero-order valence-corrected chi connectivity index (χ0v) is 14.7. The summed E-state index contributed by atoms with van der Waals surface area (Å²) in [6, 6.07) is 0.428. The van der Waals surface area contributed by atoms with Crippen molar-refractivity contribution in [3.63, 3.8) is 0 Å². The van der Waals surface area contributed by atoms with Gasteiger partial charge in [0.05, 0.1) is 17.5 Å². The molecule has 2 saturated heterocycles. The van der Waals surface area contributed by atoms with E-state index in [0.29, 0.717) is 6.04 Å². The first-order chi connectivity index (χ1) is 11.2. The van der Waals surface area contributed by atoms with Crippen molar-refractivity contribution in [2.24, 2.45) is 0 Å². The van der Waals surface area contributed by atoms with Crippen molar-refractivity contribution in [1.82, 2.24) is 20.1 Å². The molecule has 0 amide bonds. The average Bonchev–Trinajstić information content (AvgIpc) is 3.24. The number of anilines is 1. The number of rotatable bonds is 6. The number of aromatic nitrogens is 3. The van der Waals surface area contributed by atoms with Gasteiger partial charge in [-0.3, -0.25) is 0 Å². The fourth-order valence-electron chi connectivity index (χ4n) is 3.78. The van der Waals surface area contributed by atoms with Crippen LogP contribution in [0.4, 0.5) is 5.95 Å². The van der Waals surface area contributed by atoms with Gasteiger partial charge in [-0.2, -0.15) is 5.10 Å². The molecule has 0 radical (unpaired) electrons. The number of hydrogen-bond donors (Lipinski definition) is 0. The van der Waals surface area contributed by atoms with Crippen LogP contribution in [0.5, 0.6) is 0 Å². The average molecular weight is 319 g/mol. The van der Waals surface area contributed by atoms with E-state index in [1.807, 2.05) is 0 Å². The highest BCUT2D eigenvalue weighted by Gasteiger charge is 2.35. The normalized spacial score (nSPS) is 25.4. The maximum atomic E-state index is 5.62. The summed E-state index contributed by atoms with van der Waals surface area (Å²) in [5.41, 5.74) is 2.10. The van der Waals surface area contributed by atoms with Crippen LogP contribution in [-0.4, -0.2) is 65.5 Å². The minimum atomic E-state index is 0.266. The maximum Gasteiger partial charge on any atom is 0.245 e. The van der Waals surface area contributed by atoms with E-state index in [-0.39, 0.29) is 6.10 Å². The Hall–Kier alpha value is -1.27. The summed E-state index contributed by atoms with van der Waals surface area (Å²) in [5, 5.41) is 8.85. The van der Waals surface area contributed by atoms with Gasteiger partial charge in [-0.1, -0.05) is 13.8 Å². The monoisotopic (exact) mass is 319 g/mol. The van der Waals surface area contributed by atoms with Crippen LogP contribution in [0.25, 0.3) is 0 Å². The Balaban J connectivity index is 1.79. The number of nitrogens with zero attached hydrogens (tertiary/aromatic N) is 5. The van der Waals surface area contributed by atoms with Gasteiger partial charge in [-0.25, -0.2) is 4.98 Å². The number of ether oxygens (including phenoxy) is 1. The topological polar surface area (TPSA) is 54.4 Å². The zero-order valence-electron chi connectivity index (χ0n) is 14.7. The third-order valence-corrected chi connectivity index (χ3v) is 5.13. The summed E-state index contributed by atoms with van der Waals surface area (Å²) in [7, 11) is 1.80. The predicted molar refractivity (Wildman–Crippen MR) is 90.8 cm³/mol. The lowest BCUT2D eigenvalue weighted by molar-refractivity contribution is 0.116. The Bertz CT molecular complexity index is 518. The summed E-state index contributed by atoms with van der Waals surface area (Å²) in [6.07, 6.45) is 5.76. The number of aryl methyl sites for hydroxylation is 2. The first-order valence-electron chi connectivity index (χ1n) is 8.99. The van der Waals surface area contributed by atoms with Crippen molar-refractivity contribution in [3.05, 3.63) is 11.4 Å². The van der Waals surface area contributed by atoms with Crippen LogP contribution in [0.3, 0.4) is 0 Å². The number of methoxy groups -OCH3 is 1. The van der Waals surface area contributed by atoms with Gasteiger partial charge in [0.2, 0.25) is 5.95 Å². The highest BCUT2D eigenvalue weighted by molar-refractivity contribution is 5.35. The minimum Gasteiger partial charge on any atom is -0.380 e. The maximum absolute atomic E-state index is 5.62. The Kier molecular flexibility index (Phi) is 5.43. The summed E-state index contributed by atoms with van der Waals surface area (Å²) in [6.45, 7) is 8.63. The molecule has 0 saturated carbocycles. The Labute approximate surface area is 139 Å². The van der Waals surface area contributed by atoms with Gasteiger partial charge in [0.15, 0.2) is 0 Å². The lowest BCUT2D eigenvalue weighted by Gasteiger charge is -2.28. The van der Waals surface area contributed by atoms with Crippen molar-refractivity contribution in [2.45, 2.75) is 58.1 Å². The molecule has 2 aliphatic rings. The Morgan fingerprint density at radius 2 is 1.83 bits per heavy atom. The lowest BCUT2D eigenvalue weighted by Crippen LogP contribution is -2.40. The van der Waals surface area contributed by atoms with E-state index in [4.69, 9.17) is 9.72 Å². The van der Waals surface area contributed by atoms with E-state index in [9.17, 15) is 0 Å². The molecule has 1 aromatic heterocycles. The summed E-state index contributed by atoms with van der Waals surface area (Å²) < 4.78 is 5.62. The van der Waals surface area contributed by atoms with E-state index in [1.165, 1.54) is 25.9 Å². The second-order valence-corrected chi connectivity index (χ2v) is 6.62. The summed E-state index contributed by atoms with van der Waals surface area (Å²) in [4.78, 5) is 9.69. The van der Waals surface area contributed by atoms with Crippen LogP contribution in [-0.2, 0) is 17.6 Å². The van der Waals surface area contributed by atoms with E-state index < -0.39 is 0 Å². The zero-order chi connectivity index (χ0) is 16.2. The van der Waals surface area contributed by atoms with Gasteiger partial charge in [-0.05, 0) is 45.2 Å². The molecule has 2 aliphatic heterocycles. The molecule has 2 atom stereocenters. The van der Waals surface area contributed by atoms with E-state index in [0.717, 1.165) is 49.7 Å². The molecular weight excluding hydrogens is 290 g/mol. The molecule has 128 valence electrons. The molecule has 6 heteroatoms. The first kappa shape index (κ1) is 16.6. The van der Waals surface area contributed by atoms with Crippen molar-refractivity contribution >= 4 is 5.95 Å². The van der Waals surface area contributed by atoms with Crippen LogP contribution < -0.4 is 4.90 Å². The largest absolute Gasteiger partial charge is 0.380 e. The molecule has 0 bridgehead atoms. The SMILES string of the molecule is CCc1nnc(N2C[C@@H](OC)C[C@H]2CN2CCCC2)nc1CC. The van der Waals surface area contributed by atoms with Gasteiger partial charge < -0.3 is 14.5 Å². The Morgan fingerprint density at radius 1 is 1.09 bits per heavy atom. The van der Waals surface area contributed by atoms with Crippen molar-refractivity contribution in [3.8, 4) is 0 Å². The van der Waals surface area contributed by atoms with E-state index >= 15 is 0 Å². The van der Waals surface area contributed by atoms with Gasteiger partial charge in [0, 0.05) is 26.2 Å². The number of hydrogen-bond acceptors (Lipinski definition) is 6. The first-order valence-corrected chi connectivity index (χ1v) is 8.99. The van der Waals surface area contributed by atoms with Gasteiger partial charge in [0.25, 0.3) is 0 Å². The molecular formula is C17H29N5O. The van der Waals surface area contributed by atoms with Crippen molar-refractivity contribution in [1.29, 1.82) is 0 Å². The van der Waals surface area contributed by atoms with Crippen LogP contribution in [0, 0.1) is 0 Å². The van der Waals surface area contributed by atoms with Gasteiger partial charge >= 0.3 is 0 Å². The van der Waals surface area contributed by atoms with E-state index in [1.54, 1.807) is 7.11 Å². The fourth-order valence-corrected chi connectivity index (χ4v) is 3.78. The quantitative estimate of drug-likeness (QED) is 0.795. The van der Waals surface area contributed by atoms with Crippen molar-refractivity contribution in [2.75, 3.05) is 38.2 Å². The smallest absolute Gasteiger partial charge is 0.245 e. The van der Waals surface area contributed by atoms with Gasteiger partial charge in [-0.15, -0.1) is 5.10 Å². The summed E-state index contributed by atoms with van der Waals surface area (Å²) >= 11 is 0. The number of likely N-dealkylation sites (tertiary alicyclic amines) is 1. The highest BCUT2D eigenvalue weighted by Crippen LogP contribution is 2.26. The molecule has 6 nitrogen and oxygen atoms in total. The minimum absolute atomic E-state index is 0.266. The molecule has 2 fully saturated rings. The third-order valence-electron chi connectivity index (χ3n) is 5.13.